The highest BCUT2D eigenvalue weighted by atomic mass is 16.5. The van der Waals surface area contributed by atoms with Gasteiger partial charge < -0.3 is 15.4 Å². The van der Waals surface area contributed by atoms with Crippen molar-refractivity contribution in [2.24, 2.45) is 5.73 Å². The number of carbonyl (C=O) groups excluding carboxylic acids is 1. The SMILES string of the molecule is Cc1nc2c3c(nccc3c1C)N1CC3(C(N)=O)CCC(N3)C1CO2. The molecule has 3 atom stereocenters. The largest absolute Gasteiger partial charge is 0.475 e. The monoisotopic (exact) mass is 339 g/mol. The van der Waals surface area contributed by atoms with Gasteiger partial charge in [0.05, 0.1) is 11.4 Å². The number of nitrogens with two attached hydrogens (primary N) is 1. The molecule has 130 valence electrons. The quantitative estimate of drug-likeness (QED) is 0.798. The second kappa shape index (κ2) is 4.82. The fourth-order valence-corrected chi connectivity index (χ4v) is 4.60. The van der Waals surface area contributed by atoms with Crippen molar-refractivity contribution in [3.8, 4) is 5.88 Å². The third kappa shape index (κ3) is 1.87. The topological polar surface area (TPSA) is 93.4 Å². The molecular weight excluding hydrogens is 318 g/mol. The lowest BCUT2D eigenvalue weighted by molar-refractivity contribution is -0.124. The van der Waals surface area contributed by atoms with Crippen LogP contribution in [-0.2, 0) is 4.79 Å². The Hall–Kier alpha value is -2.41. The van der Waals surface area contributed by atoms with Crippen LogP contribution in [0.1, 0.15) is 24.1 Å². The summed E-state index contributed by atoms with van der Waals surface area (Å²) in [5, 5.41) is 5.51. The Morgan fingerprint density at radius 2 is 2.32 bits per heavy atom. The molecule has 0 spiro atoms. The first kappa shape index (κ1) is 14.9. The summed E-state index contributed by atoms with van der Waals surface area (Å²) in [6.45, 7) is 5.11. The van der Waals surface area contributed by atoms with Gasteiger partial charge in [0, 0.05) is 24.5 Å². The zero-order valence-electron chi connectivity index (χ0n) is 14.4. The number of hydrogen-bond acceptors (Lipinski definition) is 6. The number of anilines is 1. The molecule has 3 aliphatic heterocycles. The fraction of sp³-hybridized carbons (Fsp3) is 0.500. The van der Waals surface area contributed by atoms with Crippen LogP contribution in [0.2, 0.25) is 0 Å². The van der Waals surface area contributed by atoms with Crippen molar-refractivity contribution in [2.45, 2.75) is 44.3 Å². The number of ether oxygens (including phenoxy) is 1. The van der Waals surface area contributed by atoms with E-state index in [1.807, 2.05) is 19.2 Å². The molecule has 25 heavy (non-hydrogen) atoms. The van der Waals surface area contributed by atoms with E-state index in [4.69, 9.17) is 10.5 Å². The Balaban J connectivity index is 1.74. The van der Waals surface area contributed by atoms with Gasteiger partial charge in [0.2, 0.25) is 11.8 Å². The maximum atomic E-state index is 12.2. The standard InChI is InChI=1S/C18H21N5O2/c1-9-10(2)21-16-14-11(9)4-6-20-15(14)23-8-18(17(19)24)5-3-12(22-18)13(23)7-25-16/h4,6,12-13,22H,3,5,7-8H2,1-2H3,(H2,19,24). The Labute approximate surface area is 145 Å². The summed E-state index contributed by atoms with van der Waals surface area (Å²) in [6, 6.07) is 2.29. The van der Waals surface area contributed by atoms with Gasteiger partial charge in [-0.3, -0.25) is 10.1 Å². The number of nitrogens with one attached hydrogen (secondary N) is 1. The first-order valence-corrected chi connectivity index (χ1v) is 8.73. The van der Waals surface area contributed by atoms with Crippen LogP contribution in [0, 0.1) is 13.8 Å². The van der Waals surface area contributed by atoms with Gasteiger partial charge in [0.15, 0.2) is 0 Å². The first-order valence-electron chi connectivity index (χ1n) is 8.73. The number of fused-ring (bicyclic) bond motifs is 5. The molecule has 2 fully saturated rings. The van der Waals surface area contributed by atoms with Crippen molar-refractivity contribution in [3.05, 3.63) is 23.5 Å². The predicted molar refractivity (Wildman–Crippen MR) is 93.7 cm³/mol. The van der Waals surface area contributed by atoms with Crippen LogP contribution in [0.4, 0.5) is 5.82 Å². The molecule has 7 heteroatoms. The number of nitrogens with zero attached hydrogens (tertiary/aromatic N) is 3. The highest BCUT2D eigenvalue weighted by Crippen LogP contribution is 2.42. The average molecular weight is 339 g/mol. The molecule has 2 saturated heterocycles. The van der Waals surface area contributed by atoms with Gasteiger partial charge in [0.25, 0.3) is 0 Å². The van der Waals surface area contributed by atoms with Gasteiger partial charge in [-0.05, 0) is 43.7 Å². The molecule has 0 aromatic carbocycles. The van der Waals surface area contributed by atoms with Crippen LogP contribution >= 0.6 is 0 Å². The van der Waals surface area contributed by atoms with E-state index in [1.165, 1.54) is 0 Å². The van der Waals surface area contributed by atoms with Gasteiger partial charge in [-0.1, -0.05) is 0 Å². The molecule has 3 N–H and O–H groups in total. The van der Waals surface area contributed by atoms with Gasteiger partial charge in [-0.2, -0.15) is 0 Å². The molecule has 0 saturated carbocycles. The van der Waals surface area contributed by atoms with E-state index in [2.05, 4.69) is 27.1 Å². The highest BCUT2D eigenvalue weighted by molar-refractivity contribution is 5.99. The normalized spacial score (nSPS) is 29.9. The van der Waals surface area contributed by atoms with E-state index in [-0.39, 0.29) is 18.0 Å². The third-order valence-corrected chi connectivity index (χ3v) is 6.14. The van der Waals surface area contributed by atoms with Crippen molar-refractivity contribution >= 4 is 22.5 Å². The minimum absolute atomic E-state index is 0.114. The Morgan fingerprint density at radius 3 is 3.12 bits per heavy atom. The van der Waals surface area contributed by atoms with Crippen LogP contribution in [0.5, 0.6) is 5.88 Å². The molecule has 7 nitrogen and oxygen atoms in total. The highest BCUT2D eigenvalue weighted by Gasteiger charge is 2.54. The lowest BCUT2D eigenvalue weighted by Gasteiger charge is -2.44. The summed E-state index contributed by atoms with van der Waals surface area (Å²) < 4.78 is 6.12. The summed E-state index contributed by atoms with van der Waals surface area (Å²) in [5.41, 5.74) is 7.16. The maximum Gasteiger partial charge on any atom is 0.239 e. The Bertz CT molecular complexity index is 914. The van der Waals surface area contributed by atoms with E-state index in [9.17, 15) is 4.79 Å². The number of piperazine rings is 1. The van der Waals surface area contributed by atoms with E-state index >= 15 is 0 Å². The Kier molecular flexibility index (Phi) is 2.87. The lowest BCUT2D eigenvalue weighted by atomic mass is 9.95. The number of primary amides is 1. The van der Waals surface area contributed by atoms with E-state index in [0.29, 0.717) is 19.0 Å². The number of aryl methyl sites for hydroxylation is 2. The molecule has 3 aliphatic rings. The third-order valence-electron chi connectivity index (χ3n) is 6.14. The van der Waals surface area contributed by atoms with E-state index in [0.717, 1.165) is 40.7 Å². The minimum Gasteiger partial charge on any atom is -0.475 e. The van der Waals surface area contributed by atoms with Crippen LogP contribution in [0.25, 0.3) is 10.8 Å². The molecule has 0 radical (unpaired) electrons. The second-order valence-electron chi connectivity index (χ2n) is 7.43. The molecule has 1 amide bonds. The number of amides is 1. The molecule has 2 aromatic rings. The van der Waals surface area contributed by atoms with Gasteiger partial charge in [-0.15, -0.1) is 0 Å². The Morgan fingerprint density at radius 1 is 1.48 bits per heavy atom. The van der Waals surface area contributed by atoms with Gasteiger partial charge >= 0.3 is 0 Å². The molecule has 5 heterocycles. The molecular formula is C18H21N5O2. The summed E-state index contributed by atoms with van der Waals surface area (Å²) in [7, 11) is 0. The van der Waals surface area contributed by atoms with Gasteiger partial charge in [-0.25, -0.2) is 9.97 Å². The van der Waals surface area contributed by atoms with E-state index in [1.54, 1.807) is 0 Å². The zero-order valence-corrected chi connectivity index (χ0v) is 14.4. The number of pyridine rings is 2. The van der Waals surface area contributed by atoms with Crippen LogP contribution in [0.3, 0.4) is 0 Å². The fourth-order valence-electron chi connectivity index (χ4n) is 4.60. The molecule has 2 bridgehead atoms. The van der Waals surface area contributed by atoms with Crippen LogP contribution in [0.15, 0.2) is 12.3 Å². The summed E-state index contributed by atoms with van der Waals surface area (Å²) in [6.07, 6.45) is 3.50. The minimum atomic E-state index is -0.678. The number of rotatable bonds is 1. The van der Waals surface area contributed by atoms with Crippen LogP contribution in [-0.4, -0.2) is 46.6 Å². The molecule has 0 aliphatic carbocycles. The molecule has 5 rings (SSSR count). The van der Waals surface area contributed by atoms with E-state index < -0.39 is 5.54 Å². The van der Waals surface area contributed by atoms with Crippen molar-refractivity contribution in [1.29, 1.82) is 0 Å². The maximum absolute atomic E-state index is 12.2. The number of hydrogen-bond donors (Lipinski definition) is 2. The number of carbonyl (C=O) groups is 1. The summed E-state index contributed by atoms with van der Waals surface area (Å²) in [5.74, 6) is 1.20. The van der Waals surface area contributed by atoms with Crippen molar-refractivity contribution in [3.63, 3.8) is 0 Å². The second-order valence-corrected chi connectivity index (χ2v) is 7.43. The van der Waals surface area contributed by atoms with Crippen molar-refractivity contribution < 1.29 is 9.53 Å². The molecule has 2 aromatic heterocycles. The summed E-state index contributed by atoms with van der Waals surface area (Å²) >= 11 is 0. The first-order chi connectivity index (χ1) is 12.0. The summed E-state index contributed by atoms with van der Waals surface area (Å²) in [4.78, 5) is 23.7. The lowest BCUT2D eigenvalue weighted by Crippen LogP contribution is -2.69. The number of aromatic nitrogens is 2. The molecule has 3 unspecified atom stereocenters. The average Bonchev–Trinajstić information content (AvgIpc) is 2.88. The van der Waals surface area contributed by atoms with Crippen molar-refractivity contribution in [2.75, 3.05) is 18.1 Å². The van der Waals surface area contributed by atoms with Crippen molar-refractivity contribution in [1.82, 2.24) is 15.3 Å². The smallest absolute Gasteiger partial charge is 0.239 e. The predicted octanol–water partition coefficient (Wildman–Crippen LogP) is 0.804. The van der Waals surface area contributed by atoms with Gasteiger partial charge in [0.1, 0.15) is 18.0 Å². The zero-order chi connectivity index (χ0) is 17.3. The van der Waals surface area contributed by atoms with Crippen LogP contribution < -0.4 is 20.7 Å².